The molecule has 0 saturated carbocycles. The minimum atomic E-state index is 0.381. The molecule has 14 heavy (non-hydrogen) atoms. The number of nitrogens with two attached hydrogens (primary N) is 1. The van der Waals surface area contributed by atoms with Crippen LogP contribution in [-0.4, -0.2) is 15.2 Å². The van der Waals surface area contributed by atoms with Crippen LogP contribution in [0.4, 0.5) is 5.82 Å². The number of halogens is 1. The maximum absolute atomic E-state index is 5.69. The van der Waals surface area contributed by atoms with Gasteiger partial charge < -0.3 is 5.73 Å². The van der Waals surface area contributed by atoms with E-state index in [-0.39, 0.29) is 0 Å². The lowest BCUT2D eigenvalue weighted by atomic mass is 10.1. The first-order chi connectivity index (χ1) is 6.79. The van der Waals surface area contributed by atoms with Crippen molar-refractivity contribution >= 4 is 21.7 Å². The maximum atomic E-state index is 5.69. The van der Waals surface area contributed by atoms with Crippen molar-refractivity contribution in [2.75, 3.05) is 5.73 Å². The standard InChI is InChI=1S/C9H7BrN4/c10-7-4-2-1-3-6(7)8-9(11)12-5-13-14-8/h1-5H,(H2,11,12,13). The zero-order chi connectivity index (χ0) is 9.97. The summed E-state index contributed by atoms with van der Waals surface area (Å²) in [5, 5.41) is 7.64. The first-order valence-electron chi connectivity index (χ1n) is 3.97. The Morgan fingerprint density at radius 2 is 2.00 bits per heavy atom. The molecule has 2 rings (SSSR count). The smallest absolute Gasteiger partial charge is 0.153 e. The number of aromatic nitrogens is 3. The van der Waals surface area contributed by atoms with E-state index in [0.717, 1.165) is 10.0 Å². The first-order valence-corrected chi connectivity index (χ1v) is 4.76. The van der Waals surface area contributed by atoms with Crippen molar-refractivity contribution in [3.8, 4) is 11.3 Å². The maximum Gasteiger partial charge on any atom is 0.153 e. The van der Waals surface area contributed by atoms with Gasteiger partial charge in [-0.2, -0.15) is 0 Å². The van der Waals surface area contributed by atoms with Crippen LogP contribution in [0.15, 0.2) is 35.1 Å². The summed E-state index contributed by atoms with van der Waals surface area (Å²) in [6, 6.07) is 7.66. The summed E-state index contributed by atoms with van der Waals surface area (Å²) in [7, 11) is 0. The highest BCUT2D eigenvalue weighted by Crippen LogP contribution is 2.28. The van der Waals surface area contributed by atoms with Gasteiger partial charge in [0, 0.05) is 10.0 Å². The van der Waals surface area contributed by atoms with E-state index in [1.165, 1.54) is 6.33 Å². The van der Waals surface area contributed by atoms with Crippen molar-refractivity contribution in [1.29, 1.82) is 0 Å². The average Bonchev–Trinajstić information content (AvgIpc) is 2.20. The fourth-order valence-electron chi connectivity index (χ4n) is 1.13. The normalized spacial score (nSPS) is 10.1. The molecule has 2 aromatic rings. The predicted octanol–water partition coefficient (Wildman–Crippen LogP) is 1.88. The van der Waals surface area contributed by atoms with E-state index in [2.05, 4.69) is 31.1 Å². The van der Waals surface area contributed by atoms with Gasteiger partial charge in [-0.15, -0.1) is 10.2 Å². The van der Waals surface area contributed by atoms with Crippen molar-refractivity contribution in [3.63, 3.8) is 0 Å². The SMILES string of the molecule is Nc1ncnnc1-c1ccccc1Br. The molecular formula is C9H7BrN4. The Hall–Kier alpha value is -1.49. The van der Waals surface area contributed by atoms with E-state index < -0.39 is 0 Å². The molecule has 1 aromatic heterocycles. The van der Waals surface area contributed by atoms with Gasteiger partial charge in [-0.25, -0.2) is 4.98 Å². The molecule has 2 N–H and O–H groups in total. The Morgan fingerprint density at radius 1 is 1.21 bits per heavy atom. The number of hydrogen-bond acceptors (Lipinski definition) is 4. The van der Waals surface area contributed by atoms with Gasteiger partial charge in [0.05, 0.1) is 0 Å². The monoisotopic (exact) mass is 250 g/mol. The molecule has 0 aliphatic rings. The van der Waals surface area contributed by atoms with Crippen molar-refractivity contribution in [3.05, 3.63) is 35.1 Å². The molecule has 0 amide bonds. The van der Waals surface area contributed by atoms with E-state index in [9.17, 15) is 0 Å². The molecule has 1 aromatic carbocycles. The molecular weight excluding hydrogens is 244 g/mol. The van der Waals surface area contributed by atoms with Crippen LogP contribution in [0.3, 0.4) is 0 Å². The number of nitrogens with zero attached hydrogens (tertiary/aromatic N) is 3. The topological polar surface area (TPSA) is 64.7 Å². The summed E-state index contributed by atoms with van der Waals surface area (Å²) in [4.78, 5) is 3.88. The third kappa shape index (κ3) is 1.58. The van der Waals surface area contributed by atoms with Crippen LogP contribution >= 0.6 is 15.9 Å². The zero-order valence-corrected chi connectivity index (χ0v) is 8.77. The van der Waals surface area contributed by atoms with Crippen molar-refractivity contribution < 1.29 is 0 Å². The summed E-state index contributed by atoms with van der Waals surface area (Å²) >= 11 is 3.42. The molecule has 0 bridgehead atoms. The van der Waals surface area contributed by atoms with Crippen LogP contribution in [0.25, 0.3) is 11.3 Å². The Morgan fingerprint density at radius 3 is 2.71 bits per heavy atom. The zero-order valence-electron chi connectivity index (χ0n) is 7.18. The summed E-state index contributed by atoms with van der Waals surface area (Å²) in [6.07, 6.45) is 1.33. The summed E-state index contributed by atoms with van der Waals surface area (Å²) < 4.78 is 0.925. The third-order valence-electron chi connectivity index (χ3n) is 1.78. The van der Waals surface area contributed by atoms with Gasteiger partial charge in [-0.05, 0) is 6.07 Å². The summed E-state index contributed by atoms with van der Waals surface area (Å²) in [6.45, 7) is 0. The second-order valence-electron chi connectivity index (χ2n) is 2.67. The fraction of sp³-hybridized carbons (Fsp3) is 0. The first kappa shape index (κ1) is 9.08. The average molecular weight is 251 g/mol. The lowest BCUT2D eigenvalue weighted by Gasteiger charge is -2.03. The molecule has 0 aliphatic carbocycles. The van der Waals surface area contributed by atoms with E-state index in [4.69, 9.17) is 5.73 Å². The van der Waals surface area contributed by atoms with E-state index in [1.54, 1.807) is 0 Å². The third-order valence-corrected chi connectivity index (χ3v) is 2.47. The van der Waals surface area contributed by atoms with Crippen molar-refractivity contribution in [2.45, 2.75) is 0 Å². The molecule has 5 heteroatoms. The van der Waals surface area contributed by atoms with Gasteiger partial charge in [0.1, 0.15) is 12.0 Å². The molecule has 0 atom stereocenters. The quantitative estimate of drug-likeness (QED) is 0.840. The number of hydrogen-bond donors (Lipinski definition) is 1. The van der Waals surface area contributed by atoms with Crippen molar-refractivity contribution in [1.82, 2.24) is 15.2 Å². The highest BCUT2D eigenvalue weighted by Gasteiger charge is 2.07. The van der Waals surface area contributed by atoms with E-state index >= 15 is 0 Å². The van der Waals surface area contributed by atoms with E-state index in [0.29, 0.717) is 11.5 Å². The largest absolute Gasteiger partial charge is 0.382 e. The van der Waals surface area contributed by atoms with Crippen LogP contribution in [0.2, 0.25) is 0 Å². The number of nitrogen functional groups attached to an aromatic ring is 1. The lowest BCUT2D eigenvalue weighted by Crippen LogP contribution is -1.98. The van der Waals surface area contributed by atoms with Crippen LogP contribution in [0.5, 0.6) is 0 Å². The fourth-order valence-corrected chi connectivity index (χ4v) is 1.60. The summed E-state index contributed by atoms with van der Waals surface area (Å²) in [5.74, 6) is 0.381. The lowest BCUT2D eigenvalue weighted by molar-refractivity contribution is 0.982. The van der Waals surface area contributed by atoms with Gasteiger partial charge in [-0.3, -0.25) is 0 Å². The number of rotatable bonds is 1. The van der Waals surface area contributed by atoms with Gasteiger partial charge >= 0.3 is 0 Å². The minimum Gasteiger partial charge on any atom is -0.382 e. The van der Waals surface area contributed by atoms with Gasteiger partial charge in [0.2, 0.25) is 0 Å². The van der Waals surface area contributed by atoms with Crippen LogP contribution < -0.4 is 5.73 Å². The molecule has 70 valence electrons. The van der Waals surface area contributed by atoms with Crippen LogP contribution in [0, 0.1) is 0 Å². The Balaban J connectivity index is 2.61. The molecule has 0 unspecified atom stereocenters. The molecule has 1 heterocycles. The highest BCUT2D eigenvalue weighted by atomic mass is 79.9. The second kappa shape index (κ2) is 3.71. The van der Waals surface area contributed by atoms with E-state index in [1.807, 2.05) is 24.3 Å². The molecule has 0 fully saturated rings. The predicted molar refractivity (Wildman–Crippen MR) is 57.4 cm³/mol. The molecule has 0 aliphatic heterocycles. The molecule has 0 spiro atoms. The Kier molecular flexibility index (Phi) is 2.41. The van der Waals surface area contributed by atoms with Crippen molar-refractivity contribution in [2.24, 2.45) is 0 Å². The highest BCUT2D eigenvalue weighted by molar-refractivity contribution is 9.10. The molecule has 0 saturated heterocycles. The number of benzene rings is 1. The van der Waals surface area contributed by atoms with Crippen LogP contribution in [-0.2, 0) is 0 Å². The molecule has 0 radical (unpaired) electrons. The number of anilines is 1. The van der Waals surface area contributed by atoms with Gasteiger partial charge in [-0.1, -0.05) is 34.1 Å². The molecule has 4 nitrogen and oxygen atoms in total. The second-order valence-corrected chi connectivity index (χ2v) is 3.53. The Labute approximate surface area is 89.3 Å². The minimum absolute atomic E-state index is 0.381. The van der Waals surface area contributed by atoms with Gasteiger partial charge in [0.25, 0.3) is 0 Å². The summed E-state index contributed by atoms with van der Waals surface area (Å²) in [5.41, 5.74) is 7.18. The Bertz CT molecular complexity index is 415. The van der Waals surface area contributed by atoms with Crippen LogP contribution in [0.1, 0.15) is 0 Å². The van der Waals surface area contributed by atoms with Gasteiger partial charge in [0.15, 0.2) is 5.82 Å².